The zero-order chi connectivity index (χ0) is 17.4. The Labute approximate surface area is 138 Å². The Bertz CT molecular complexity index is 473. The van der Waals surface area contributed by atoms with Crippen molar-refractivity contribution in [1.82, 2.24) is 10.2 Å². The van der Waals surface area contributed by atoms with E-state index in [1.54, 1.807) is 0 Å². The van der Waals surface area contributed by atoms with Crippen LogP contribution in [0.3, 0.4) is 0 Å². The first-order valence-corrected chi connectivity index (χ1v) is 8.02. The molecule has 3 unspecified atom stereocenters. The maximum absolute atomic E-state index is 11.5. The van der Waals surface area contributed by atoms with E-state index in [4.69, 9.17) is 4.74 Å². The average molecular weight is 324 g/mol. The number of hydrogen-bond donors (Lipinski definition) is 2. The highest BCUT2D eigenvalue weighted by Gasteiger charge is 2.37. The smallest absolute Gasteiger partial charge is 0.320 e. The molecule has 0 spiro atoms. The van der Waals surface area contributed by atoms with Crippen molar-refractivity contribution in [1.29, 1.82) is 0 Å². The summed E-state index contributed by atoms with van der Waals surface area (Å²) in [5.41, 5.74) is 0.695. The Morgan fingerprint density at radius 2 is 2.17 bits per heavy atom. The van der Waals surface area contributed by atoms with Crippen LogP contribution in [0.1, 0.15) is 33.6 Å². The predicted molar refractivity (Wildman–Crippen MR) is 88.6 cm³/mol. The Morgan fingerprint density at radius 1 is 1.48 bits per heavy atom. The molecule has 1 aliphatic heterocycles. The van der Waals surface area contributed by atoms with Crippen LogP contribution < -0.4 is 5.32 Å². The summed E-state index contributed by atoms with van der Waals surface area (Å²) in [6.45, 7) is 6.72. The number of nitrogens with one attached hydrogen (secondary N) is 1. The van der Waals surface area contributed by atoms with Gasteiger partial charge in [0.2, 0.25) is 5.91 Å². The first-order valence-electron chi connectivity index (χ1n) is 8.02. The number of ether oxygens (including phenoxy) is 1. The van der Waals surface area contributed by atoms with Gasteiger partial charge in [-0.15, -0.1) is 0 Å². The fourth-order valence-corrected chi connectivity index (χ4v) is 3.10. The number of allylic oxidation sites excluding steroid dienone is 1. The first kappa shape index (κ1) is 19.2. The molecular formula is C17H28N2O4. The number of hydrogen-bond acceptors (Lipinski definition) is 4. The second-order valence-electron chi connectivity index (χ2n) is 5.92. The highest BCUT2D eigenvalue weighted by atomic mass is 16.5. The third kappa shape index (κ3) is 5.71. The molecule has 1 amide bonds. The molecule has 1 aliphatic rings. The molecule has 0 bridgehead atoms. The van der Waals surface area contributed by atoms with Gasteiger partial charge >= 0.3 is 5.97 Å². The molecule has 3 atom stereocenters. The summed E-state index contributed by atoms with van der Waals surface area (Å²) < 4.78 is 5.06. The lowest BCUT2D eigenvalue weighted by molar-refractivity contribution is -0.142. The second kappa shape index (κ2) is 9.35. The monoisotopic (exact) mass is 324 g/mol. The van der Waals surface area contributed by atoms with E-state index in [1.165, 1.54) is 20.3 Å². The molecule has 0 aromatic rings. The lowest BCUT2D eigenvalue weighted by Crippen LogP contribution is -2.41. The van der Waals surface area contributed by atoms with E-state index >= 15 is 0 Å². The van der Waals surface area contributed by atoms with Gasteiger partial charge in [-0.25, -0.2) is 0 Å². The van der Waals surface area contributed by atoms with Crippen molar-refractivity contribution in [2.45, 2.75) is 39.7 Å². The Hall–Kier alpha value is -1.82. The van der Waals surface area contributed by atoms with Gasteiger partial charge < -0.3 is 15.2 Å². The molecule has 1 rings (SSSR count). The number of carboxylic acid groups (broad SMARTS) is 1. The molecule has 1 fully saturated rings. The van der Waals surface area contributed by atoms with Crippen molar-refractivity contribution < 1.29 is 19.4 Å². The molecule has 130 valence electrons. The van der Waals surface area contributed by atoms with Gasteiger partial charge in [0.05, 0.1) is 12.8 Å². The SMILES string of the molecule is C/C=C\C1CC(C(=O)O)N(CC(CC)/C(=C/OC)NC(C)=O)C1. The van der Waals surface area contributed by atoms with E-state index < -0.39 is 12.0 Å². The zero-order valence-corrected chi connectivity index (χ0v) is 14.4. The van der Waals surface area contributed by atoms with Crippen molar-refractivity contribution >= 4 is 11.9 Å². The second-order valence-corrected chi connectivity index (χ2v) is 5.92. The van der Waals surface area contributed by atoms with Gasteiger partial charge in [-0.05, 0) is 25.7 Å². The summed E-state index contributed by atoms with van der Waals surface area (Å²) in [5.74, 6) is -0.669. The number of likely N-dealkylation sites (tertiary alicyclic amines) is 1. The maximum atomic E-state index is 11.5. The van der Waals surface area contributed by atoms with Crippen LogP contribution in [-0.2, 0) is 14.3 Å². The Morgan fingerprint density at radius 3 is 2.65 bits per heavy atom. The molecule has 2 N–H and O–H groups in total. The summed E-state index contributed by atoms with van der Waals surface area (Å²) in [6.07, 6.45) is 6.98. The van der Waals surface area contributed by atoms with Crippen molar-refractivity contribution in [2.24, 2.45) is 11.8 Å². The van der Waals surface area contributed by atoms with Crippen molar-refractivity contribution in [3.63, 3.8) is 0 Å². The van der Waals surface area contributed by atoms with Gasteiger partial charge in [0.1, 0.15) is 12.3 Å². The third-order valence-corrected chi connectivity index (χ3v) is 4.14. The number of carbonyl (C=O) groups excluding carboxylic acids is 1. The van der Waals surface area contributed by atoms with Gasteiger partial charge in [-0.3, -0.25) is 14.5 Å². The summed E-state index contributed by atoms with van der Waals surface area (Å²) in [6, 6.07) is -0.480. The molecule has 0 aliphatic carbocycles. The lowest BCUT2D eigenvalue weighted by atomic mass is 10.0. The van der Waals surface area contributed by atoms with Crippen molar-refractivity contribution in [3.05, 3.63) is 24.1 Å². The molecule has 1 heterocycles. The first-order chi connectivity index (χ1) is 10.9. The topological polar surface area (TPSA) is 78.9 Å². The quantitative estimate of drug-likeness (QED) is 0.527. The summed E-state index contributed by atoms with van der Waals surface area (Å²) in [5, 5.41) is 12.3. The third-order valence-electron chi connectivity index (χ3n) is 4.14. The van der Waals surface area contributed by atoms with E-state index in [2.05, 4.69) is 11.4 Å². The molecule has 0 aromatic heterocycles. The average Bonchev–Trinajstić information content (AvgIpc) is 2.87. The minimum Gasteiger partial charge on any atom is -0.503 e. The Balaban J connectivity index is 2.88. The predicted octanol–water partition coefficient (Wildman–Crippen LogP) is 1.99. The van der Waals surface area contributed by atoms with Crippen LogP contribution >= 0.6 is 0 Å². The van der Waals surface area contributed by atoms with Gasteiger partial charge in [0.15, 0.2) is 0 Å². The Kier molecular flexibility index (Phi) is 7.81. The fourth-order valence-electron chi connectivity index (χ4n) is 3.10. The summed E-state index contributed by atoms with van der Waals surface area (Å²) >= 11 is 0. The van der Waals surface area contributed by atoms with Crippen molar-refractivity contribution in [2.75, 3.05) is 20.2 Å². The van der Waals surface area contributed by atoms with Gasteiger partial charge in [0.25, 0.3) is 0 Å². The van der Waals surface area contributed by atoms with E-state index in [0.29, 0.717) is 18.7 Å². The van der Waals surface area contributed by atoms with Crippen LogP contribution in [0.25, 0.3) is 0 Å². The largest absolute Gasteiger partial charge is 0.503 e. The van der Waals surface area contributed by atoms with Crippen LogP contribution in [0.5, 0.6) is 0 Å². The van der Waals surface area contributed by atoms with Crippen LogP contribution in [0, 0.1) is 11.8 Å². The van der Waals surface area contributed by atoms with Gasteiger partial charge in [-0.1, -0.05) is 19.1 Å². The van der Waals surface area contributed by atoms with E-state index in [1.807, 2.05) is 24.8 Å². The van der Waals surface area contributed by atoms with E-state index in [-0.39, 0.29) is 17.7 Å². The number of nitrogens with zero attached hydrogens (tertiary/aromatic N) is 1. The normalized spacial score (nSPS) is 23.9. The molecule has 6 heteroatoms. The number of carboxylic acids is 1. The van der Waals surface area contributed by atoms with Gasteiger partial charge in [-0.2, -0.15) is 0 Å². The maximum Gasteiger partial charge on any atom is 0.320 e. The number of rotatable bonds is 8. The highest BCUT2D eigenvalue weighted by molar-refractivity contribution is 5.75. The van der Waals surface area contributed by atoms with E-state index in [0.717, 1.165) is 13.0 Å². The van der Waals surface area contributed by atoms with Gasteiger partial charge in [0, 0.05) is 25.9 Å². The van der Waals surface area contributed by atoms with Crippen molar-refractivity contribution in [3.8, 4) is 0 Å². The van der Waals surface area contributed by atoms with Crippen LogP contribution in [0.4, 0.5) is 0 Å². The molecule has 1 saturated heterocycles. The lowest BCUT2D eigenvalue weighted by Gasteiger charge is -2.27. The van der Waals surface area contributed by atoms with Crippen LogP contribution in [0.15, 0.2) is 24.1 Å². The minimum absolute atomic E-state index is 0.0186. The number of methoxy groups -OCH3 is 1. The van der Waals surface area contributed by atoms with E-state index in [9.17, 15) is 14.7 Å². The minimum atomic E-state index is -0.788. The molecule has 0 saturated carbocycles. The summed E-state index contributed by atoms with van der Waals surface area (Å²) in [4.78, 5) is 24.9. The molecule has 23 heavy (non-hydrogen) atoms. The number of carbonyl (C=O) groups is 2. The number of aliphatic carboxylic acids is 1. The summed E-state index contributed by atoms with van der Waals surface area (Å²) in [7, 11) is 1.53. The zero-order valence-electron chi connectivity index (χ0n) is 14.4. The molecule has 0 radical (unpaired) electrons. The van der Waals surface area contributed by atoms with Crippen LogP contribution in [-0.4, -0.2) is 48.1 Å². The number of amides is 1. The van der Waals surface area contributed by atoms with Crippen LogP contribution in [0.2, 0.25) is 0 Å². The highest BCUT2D eigenvalue weighted by Crippen LogP contribution is 2.27. The molecule has 6 nitrogen and oxygen atoms in total. The molecule has 0 aromatic carbocycles. The molecular weight excluding hydrogens is 296 g/mol. The standard InChI is InChI=1S/C17H28N2O4/c1-5-7-13-8-16(17(21)22)19(9-13)10-14(6-2)15(11-23-4)18-12(3)20/h5,7,11,13-14,16H,6,8-10H2,1-4H3,(H,18,20)(H,21,22)/b7-5-,15-11-. The fraction of sp³-hybridized carbons (Fsp3) is 0.647.